The van der Waals surface area contributed by atoms with Crippen LogP contribution in [0.15, 0.2) is 17.0 Å². The number of methoxy groups -OCH3 is 3. The minimum atomic E-state index is -1.30. The number of nitrogens with one attached hydrogen (secondary N) is 2. The quantitative estimate of drug-likeness (QED) is 0.747. The molecule has 1 aliphatic heterocycles. The van der Waals surface area contributed by atoms with Gasteiger partial charge in [-0.3, -0.25) is 10.2 Å². The van der Waals surface area contributed by atoms with E-state index in [4.69, 9.17) is 14.2 Å². The van der Waals surface area contributed by atoms with Crippen molar-refractivity contribution in [2.24, 2.45) is 0 Å². The fourth-order valence-corrected chi connectivity index (χ4v) is 3.38. The first kappa shape index (κ1) is 18.4. The maximum Gasteiger partial charge on any atom is 0.240 e. The predicted molar refractivity (Wildman–Crippen MR) is 91.8 cm³/mol. The van der Waals surface area contributed by atoms with Crippen LogP contribution in [0.2, 0.25) is 0 Å². The Balaban J connectivity index is 2.40. The Morgan fingerprint density at radius 3 is 2.46 bits per heavy atom. The minimum Gasteiger partial charge on any atom is -0.611 e. The van der Waals surface area contributed by atoms with Gasteiger partial charge in [-0.1, -0.05) is 12.2 Å². The lowest BCUT2D eigenvalue weighted by molar-refractivity contribution is -0.123. The van der Waals surface area contributed by atoms with E-state index in [1.54, 1.807) is 12.3 Å². The van der Waals surface area contributed by atoms with Crippen molar-refractivity contribution < 1.29 is 23.6 Å². The van der Waals surface area contributed by atoms with E-state index in [0.717, 1.165) is 5.56 Å². The third-order valence-corrected chi connectivity index (χ3v) is 4.65. The summed E-state index contributed by atoms with van der Waals surface area (Å²) >= 11 is -1.30. The number of hydrogen-bond acceptors (Lipinski definition) is 6. The number of ether oxygens (including phenoxy) is 3. The van der Waals surface area contributed by atoms with Crippen LogP contribution in [0.4, 0.5) is 0 Å². The van der Waals surface area contributed by atoms with E-state index in [1.165, 1.54) is 21.3 Å². The van der Waals surface area contributed by atoms with Crippen LogP contribution in [0.3, 0.4) is 0 Å². The van der Waals surface area contributed by atoms with Gasteiger partial charge in [0.1, 0.15) is 6.26 Å². The van der Waals surface area contributed by atoms with Crippen molar-refractivity contribution in [1.29, 1.82) is 0 Å². The van der Waals surface area contributed by atoms with Crippen LogP contribution in [0.25, 0.3) is 6.08 Å². The second-order valence-corrected chi connectivity index (χ2v) is 6.53. The van der Waals surface area contributed by atoms with Gasteiger partial charge in [-0.25, -0.2) is 5.43 Å². The summed E-state index contributed by atoms with van der Waals surface area (Å²) in [5.41, 5.74) is 6.27. The van der Waals surface area contributed by atoms with Crippen LogP contribution in [0.1, 0.15) is 18.4 Å². The van der Waals surface area contributed by atoms with Crippen molar-refractivity contribution in [3.8, 4) is 17.2 Å². The highest BCUT2D eigenvalue weighted by Crippen LogP contribution is 2.44. The van der Waals surface area contributed by atoms with Crippen molar-refractivity contribution >= 4 is 23.2 Å². The molecule has 2 unspecified atom stereocenters. The first-order valence-electron chi connectivity index (χ1n) is 7.40. The lowest BCUT2D eigenvalue weighted by atomic mass is 10.1. The second-order valence-electron chi connectivity index (χ2n) is 5.21. The van der Waals surface area contributed by atoms with Crippen LogP contribution < -0.4 is 25.1 Å². The van der Waals surface area contributed by atoms with Crippen molar-refractivity contribution in [3.05, 3.63) is 17.7 Å². The van der Waals surface area contributed by atoms with Crippen molar-refractivity contribution in [2.75, 3.05) is 27.6 Å². The highest BCUT2D eigenvalue weighted by Gasteiger charge is 2.26. The fraction of sp³-hybridized carbons (Fsp3) is 0.438. The Morgan fingerprint density at radius 2 is 1.96 bits per heavy atom. The molecule has 1 aliphatic rings. The lowest BCUT2D eigenvalue weighted by Gasteiger charge is -2.21. The predicted octanol–water partition coefficient (Wildman–Crippen LogP) is 1.25. The van der Waals surface area contributed by atoms with Gasteiger partial charge in [-0.15, -0.1) is 0 Å². The Bertz CT molecular complexity index is 623. The minimum absolute atomic E-state index is 0.0179. The van der Waals surface area contributed by atoms with E-state index in [0.29, 0.717) is 35.0 Å². The molecule has 0 saturated carbocycles. The fourth-order valence-electron chi connectivity index (χ4n) is 2.52. The van der Waals surface area contributed by atoms with Crippen molar-refractivity contribution in [2.45, 2.75) is 23.8 Å². The normalized spacial score (nSPS) is 19.0. The molecule has 1 heterocycles. The summed E-state index contributed by atoms with van der Waals surface area (Å²) < 4.78 is 28.3. The molecule has 0 aliphatic carbocycles. The van der Waals surface area contributed by atoms with E-state index < -0.39 is 11.2 Å². The third-order valence-electron chi connectivity index (χ3n) is 3.69. The summed E-state index contributed by atoms with van der Waals surface area (Å²) in [5.74, 6) is 1.33. The molecule has 2 atom stereocenters. The molecular formula is C16H22N2O5S. The van der Waals surface area contributed by atoms with Crippen LogP contribution in [0.5, 0.6) is 17.2 Å². The second kappa shape index (κ2) is 8.27. The summed E-state index contributed by atoms with van der Waals surface area (Å²) in [7, 11) is 4.55. The average Bonchev–Trinajstić information content (AvgIpc) is 2.59. The lowest BCUT2D eigenvalue weighted by Crippen LogP contribution is -2.48. The SMILES string of the molecule is COc1cc(/C=C/C2CCC(=O)NN2)c(OC)c(OC)c1[S+](C)[O-]. The molecule has 1 amide bonds. The number of hydrazine groups is 1. The zero-order chi connectivity index (χ0) is 17.7. The molecule has 0 aromatic heterocycles. The van der Waals surface area contributed by atoms with Crippen LogP contribution in [0, 0.1) is 0 Å². The van der Waals surface area contributed by atoms with E-state index in [2.05, 4.69) is 10.9 Å². The topological polar surface area (TPSA) is 91.9 Å². The molecule has 0 spiro atoms. The van der Waals surface area contributed by atoms with Crippen molar-refractivity contribution in [1.82, 2.24) is 10.9 Å². The van der Waals surface area contributed by atoms with Crippen LogP contribution in [-0.4, -0.2) is 44.1 Å². The number of carbonyl (C=O) groups excluding carboxylic acids is 1. The summed E-state index contributed by atoms with van der Waals surface area (Å²) in [5, 5.41) is 0. The summed E-state index contributed by atoms with van der Waals surface area (Å²) in [6.45, 7) is 0. The highest BCUT2D eigenvalue weighted by atomic mass is 32.2. The summed E-state index contributed by atoms with van der Waals surface area (Å²) in [6, 6.07) is 1.78. The molecule has 0 bridgehead atoms. The summed E-state index contributed by atoms with van der Waals surface area (Å²) in [6.07, 6.45) is 6.53. The van der Waals surface area contributed by atoms with Gasteiger partial charge < -0.3 is 18.8 Å². The number of benzene rings is 1. The van der Waals surface area contributed by atoms with E-state index in [1.807, 2.05) is 12.2 Å². The molecule has 24 heavy (non-hydrogen) atoms. The van der Waals surface area contributed by atoms with Gasteiger partial charge in [0.2, 0.25) is 16.6 Å². The highest BCUT2D eigenvalue weighted by molar-refractivity contribution is 7.91. The standard InChI is InChI=1S/C16H22N2O5S/c1-21-12-9-10(5-6-11-7-8-13(19)18-17-11)14(22-2)15(23-3)16(12)24(4)20/h5-6,9,11,17H,7-8H2,1-4H3,(H,18,19)/b6-5+. The van der Waals surface area contributed by atoms with Gasteiger partial charge in [0.05, 0.1) is 21.3 Å². The van der Waals surface area contributed by atoms with Gasteiger partial charge in [-0.05, 0) is 23.7 Å². The third kappa shape index (κ3) is 3.95. The molecule has 132 valence electrons. The van der Waals surface area contributed by atoms with E-state index in [9.17, 15) is 9.35 Å². The zero-order valence-corrected chi connectivity index (χ0v) is 15.0. The smallest absolute Gasteiger partial charge is 0.240 e. The van der Waals surface area contributed by atoms with E-state index >= 15 is 0 Å². The largest absolute Gasteiger partial charge is 0.611 e. The van der Waals surface area contributed by atoms with Gasteiger partial charge in [0.25, 0.3) is 0 Å². The molecule has 1 aromatic carbocycles. The monoisotopic (exact) mass is 354 g/mol. The Morgan fingerprint density at radius 1 is 1.25 bits per heavy atom. The Labute approximate surface area is 144 Å². The molecule has 2 N–H and O–H groups in total. The molecule has 1 aromatic rings. The molecule has 1 saturated heterocycles. The van der Waals surface area contributed by atoms with Crippen LogP contribution >= 0.6 is 0 Å². The summed E-state index contributed by atoms with van der Waals surface area (Å²) in [4.78, 5) is 11.6. The number of amides is 1. The molecule has 7 nitrogen and oxygen atoms in total. The Kier molecular flexibility index (Phi) is 6.36. The van der Waals surface area contributed by atoms with E-state index in [-0.39, 0.29) is 11.9 Å². The maximum absolute atomic E-state index is 12.0. The zero-order valence-electron chi connectivity index (χ0n) is 14.2. The molecule has 8 heteroatoms. The average molecular weight is 354 g/mol. The number of rotatable bonds is 6. The van der Waals surface area contributed by atoms with Crippen molar-refractivity contribution in [3.63, 3.8) is 0 Å². The first-order valence-corrected chi connectivity index (χ1v) is 8.96. The molecular weight excluding hydrogens is 332 g/mol. The van der Waals surface area contributed by atoms with Gasteiger partial charge >= 0.3 is 0 Å². The molecule has 0 radical (unpaired) electrons. The first-order chi connectivity index (χ1) is 11.5. The number of hydrogen-bond donors (Lipinski definition) is 2. The van der Waals surface area contributed by atoms with Gasteiger partial charge in [0, 0.05) is 18.0 Å². The van der Waals surface area contributed by atoms with Gasteiger partial charge in [-0.2, -0.15) is 0 Å². The molecule has 2 rings (SSSR count). The Hall–Kier alpha value is -1.90. The van der Waals surface area contributed by atoms with Gasteiger partial charge in [0.15, 0.2) is 11.5 Å². The molecule has 1 fully saturated rings. The maximum atomic E-state index is 12.0. The number of carbonyl (C=O) groups is 1. The van der Waals surface area contributed by atoms with Crippen LogP contribution in [-0.2, 0) is 16.0 Å².